The lowest BCUT2D eigenvalue weighted by atomic mass is 9.84. The largest absolute Gasteiger partial charge is 0.0911 e. The zero-order chi connectivity index (χ0) is 13.9. The average molecular weight is 244 g/mol. The standard InChI is InChI=1S/C18H28/c1-8-9-14(6)18-11-16(12(2)3)10-17(13(4)5)15(18)7/h8-14H,1-7H3/b9-8+. The number of hydrogen-bond donors (Lipinski definition) is 0. The molecule has 1 atom stereocenters. The Morgan fingerprint density at radius 2 is 1.44 bits per heavy atom. The van der Waals surface area contributed by atoms with E-state index in [0.29, 0.717) is 17.8 Å². The molecule has 0 aliphatic carbocycles. The first-order chi connectivity index (χ1) is 8.38. The van der Waals surface area contributed by atoms with Gasteiger partial charge in [-0.2, -0.15) is 0 Å². The molecule has 0 aromatic heterocycles. The van der Waals surface area contributed by atoms with Gasteiger partial charge in [0.1, 0.15) is 0 Å². The second-order valence-electron chi connectivity index (χ2n) is 5.95. The highest BCUT2D eigenvalue weighted by atomic mass is 14.2. The summed E-state index contributed by atoms with van der Waals surface area (Å²) in [5, 5.41) is 0. The van der Waals surface area contributed by atoms with Gasteiger partial charge < -0.3 is 0 Å². The number of allylic oxidation sites excluding steroid dienone is 2. The summed E-state index contributed by atoms with van der Waals surface area (Å²) in [5.74, 6) is 1.70. The molecule has 0 saturated heterocycles. The van der Waals surface area contributed by atoms with Gasteiger partial charge in [-0.3, -0.25) is 0 Å². The molecule has 0 amide bonds. The van der Waals surface area contributed by atoms with E-state index in [1.165, 1.54) is 22.3 Å². The van der Waals surface area contributed by atoms with E-state index in [4.69, 9.17) is 0 Å². The summed E-state index contributed by atoms with van der Waals surface area (Å²) in [6, 6.07) is 4.80. The fourth-order valence-corrected chi connectivity index (χ4v) is 2.58. The summed E-state index contributed by atoms with van der Waals surface area (Å²) in [6.45, 7) is 15.8. The van der Waals surface area contributed by atoms with Gasteiger partial charge in [0.05, 0.1) is 0 Å². The van der Waals surface area contributed by atoms with E-state index in [0.717, 1.165) is 0 Å². The maximum atomic E-state index is 2.40. The Balaban J connectivity index is 3.40. The van der Waals surface area contributed by atoms with Crippen molar-refractivity contribution in [1.82, 2.24) is 0 Å². The van der Waals surface area contributed by atoms with E-state index in [1.807, 2.05) is 0 Å². The molecule has 0 N–H and O–H groups in total. The summed E-state index contributed by atoms with van der Waals surface area (Å²) in [4.78, 5) is 0. The molecular formula is C18H28. The number of benzene rings is 1. The van der Waals surface area contributed by atoms with Gasteiger partial charge in [0.15, 0.2) is 0 Å². The van der Waals surface area contributed by atoms with Crippen molar-refractivity contribution < 1.29 is 0 Å². The van der Waals surface area contributed by atoms with E-state index in [9.17, 15) is 0 Å². The third-order valence-electron chi connectivity index (χ3n) is 3.77. The van der Waals surface area contributed by atoms with E-state index < -0.39 is 0 Å². The minimum atomic E-state index is 0.506. The first-order valence-corrected chi connectivity index (χ1v) is 7.15. The molecule has 1 rings (SSSR count). The minimum absolute atomic E-state index is 0.506. The van der Waals surface area contributed by atoms with Crippen LogP contribution in [0.1, 0.15) is 81.5 Å². The predicted octanol–water partition coefficient (Wildman–Crippen LogP) is 5.92. The highest BCUT2D eigenvalue weighted by Crippen LogP contribution is 2.31. The molecule has 0 bridgehead atoms. The van der Waals surface area contributed by atoms with E-state index in [1.54, 1.807) is 0 Å². The van der Waals surface area contributed by atoms with Crippen molar-refractivity contribution in [2.45, 2.75) is 66.2 Å². The van der Waals surface area contributed by atoms with Crippen LogP contribution in [-0.2, 0) is 0 Å². The smallest absolute Gasteiger partial charge is 0.000772 e. The fourth-order valence-electron chi connectivity index (χ4n) is 2.58. The van der Waals surface area contributed by atoms with Crippen molar-refractivity contribution in [3.05, 3.63) is 46.5 Å². The highest BCUT2D eigenvalue weighted by Gasteiger charge is 2.14. The van der Waals surface area contributed by atoms with Gasteiger partial charge in [-0.05, 0) is 53.9 Å². The zero-order valence-electron chi connectivity index (χ0n) is 13.0. The van der Waals surface area contributed by atoms with Crippen molar-refractivity contribution in [2.24, 2.45) is 0 Å². The molecule has 0 aliphatic rings. The topological polar surface area (TPSA) is 0 Å². The van der Waals surface area contributed by atoms with Crippen molar-refractivity contribution in [1.29, 1.82) is 0 Å². The Bertz CT molecular complexity index is 422. The van der Waals surface area contributed by atoms with E-state index in [2.05, 4.69) is 72.8 Å². The quantitative estimate of drug-likeness (QED) is 0.576. The normalized spacial score (nSPS) is 13.8. The lowest BCUT2D eigenvalue weighted by Gasteiger charge is -2.21. The molecule has 1 unspecified atom stereocenters. The van der Waals surface area contributed by atoms with E-state index >= 15 is 0 Å². The van der Waals surface area contributed by atoms with Crippen LogP contribution in [0.15, 0.2) is 24.3 Å². The van der Waals surface area contributed by atoms with Crippen molar-refractivity contribution in [3.63, 3.8) is 0 Å². The fraction of sp³-hybridized carbons (Fsp3) is 0.556. The molecule has 0 spiro atoms. The van der Waals surface area contributed by atoms with Crippen molar-refractivity contribution >= 4 is 0 Å². The second-order valence-corrected chi connectivity index (χ2v) is 5.95. The Kier molecular flexibility index (Phi) is 5.19. The SMILES string of the molecule is C/C=C/C(C)c1cc(C(C)C)cc(C(C)C)c1C. The summed E-state index contributed by atoms with van der Waals surface area (Å²) in [7, 11) is 0. The molecule has 18 heavy (non-hydrogen) atoms. The summed E-state index contributed by atoms with van der Waals surface area (Å²) < 4.78 is 0. The Morgan fingerprint density at radius 1 is 0.889 bits per heavy atom. The van der Waals surface area contributed by atoms with Crippen LogP contribution in [-0.4, -0.2) is 0 Å². The molecule has 0 heterocycles. The molecule has 0 radical (unpaired) electrons. The first kappa shape index (κ1) is 15.0. The van der Waals surface area contributed by atoms with Crippen molar-refractivity contribution in [2.75, 3.05) is 0 Å². The molecular weight excluding hydrogens is 216 g/mol. The van der Waals surface area contributed by atoms with Crippen LogP contribution in [0.4, 0.5) is 0 Å². The van der Waals surface area contributed by atoms with Crippen LogP contribution in [0, 0.1) is 6.92 Å². The average Bonchev–Trinajstić information content (AvgIpc) is 2.28. The van der Waals surface area contributed by atoms with Gasteiger partial charge in [0, 0.05) is 0 Å². The summed E-state index contributed by atoms with van der Waals surface area (Å²) in [6.07, 6.45) is 4.44. The second kappa shape index (κ2) is 6.22. The molecule has 0 heteroatoms. The Hall–Kier alpha value is -1.04. The van der Waals surface area contributed by atoms with Gasteiger partial charge >= 0.3 is 0 Å². The van der Waals surface area contributed by atoms with Crippen LogP contribution in [0.3, 0.4) is 0 Å². The summed E-state index contributed by atoms with van der Waals surface area (Å²) in [5.41, 5.74) is 5.94. The maximum Gasteiger partial charge on any atom is -0.000772 e. The van der Waals surface area contributed by atoms with Gasteiger partial charge in [-0.25, -0.2) is 0 Å². The first-order valence-electron chi connectivity index (χ1n) is 7.15. The molecule has 0 nitrogen and oxygen atoms in total. The summed E-state index contributed by atoms with van der Waals surface area (Å²) >= 11 is 0. The molecule has 0 aliphatic heterocycles. The van der Waals surface area contributed by atoms with Crippen LogP contribution in [0.2, 0.25) is 0 Å². The highest BCUT2D eigenvalue weighted by molar-refractivity contribution is 5.44. The third-order valence-corrected chi connectivity index (χ3v) is 3.77. The monoisotopic (exact) mass is 244 g/mol. The van der Waals surface area contributed by atoms with Gasteiger partial charge in [-0.15, -0.1) is 0 Å². The van der Waals surface area contributed by atoms with Crippen molar-refractivity contribution in [3.8, 4) is 0 Å². The molecule has 100 valence electrons. The molecule has 0 fully saturated rings. The van der Waals surface area contributed by atoms with Gasteiger partial charge in [0.25, 0.3) is 0 Å². The van der Waals surface area contributed by atoms with Gasteiger partial charge in [-0.1, -0.05) is 58.9 Å². The minimum Gasteiger partial charge on any atom is -0.0911 e. The predicted molar refractivity (Wildman–Crippen MR) is 82.6 cm³/mol. The van der Waals surface area contributed by atoms with E-state index in [-0.39, 0.29) is 0 Å². The number of rotatable bonds is 4. The van der Waals surface area contributed by atoms with Crippen LogP contribution >= 0.6 is 0 Å². The number of hydrogen-bond acceptors (Lipinski definition) is 0. The molecule has 0 saturated carbocycles. The lowest BCUT2D eigenvalue weighted by Crippen LogP contribution is -2.03. The Labute approximate surface area is 113 Å². The van der Waals surface area contributed by atoms with Gasteiger partial charge in [0.2, 0.25) is 0 Å². The molecule has 1 aromatic carbocycles. The van der Waals surface area contributed by atoms with Crippen LogP contribution in [0.25, 0.3) is 0 Å². The molecule has 1 aromatic rings. The maximum absolute atomic E-state index is 2.40. The zero-order valence-corrected chi connectivity index (χ0v) is 13.0. The lowest BCUT2D eigenvalue weighted by molar-refractivity contribution is 0.809. The third kappa shape index (κ3) is 3.25. The van der Waals surface area contributed by atoms with Crippen LogP contribution in [0.5, 0.6) is 0 Å². The Morgan fingerprint density at radius 3 is 1.89 bits per heavy atom. The van der Waals surface area contributed by atoms with Crippen LogP contribution < -0.4 is 0 Å².